The van der Waals surface area contributed by atoms with E-state index in [1.54, 1.807) is 11.3 Å². The lowest BCUT2D eigenvalue weighted by molar-refractivity contribution is -0.117. The predicted octanol–water partition coefficient (Wildman–Crippen LogP) is 4.53. The Kier molecular flexibility index (Phi) is 5.80. The predicted molar refractivity (Wildman–Crippen MR) is 105 cm³/mol. The van der Waals surface area contributed by atoms with Gasteiger partial charge in [0.15, 0.2) is 0 Å². The van der Waals surface area contributed by atoms with Crippen LogP contribution in [0.25, 0.3) is 0 Å². The highest BCUT2D eigenvalue weighted by Gasteiger charge is 2.24. The number of carbonyl (C=O) groups excluding carboxylic acids is 1. The second kappa shape index (κ2) is 7.88. The molecule has 0 aromatic carbocycles. The van der Waals surface area contributed by atoms with Crippen LogP contribution in [0.15, 0.2) is 12.1 Å². The molecule has 0 fully saturated rings. The molecule has 0 spiro atoms. The molecule has 2 aromatic rings. The van der Waals surface area contributed by atoms with Crippen molar-refractivity contribution in [3.8, 4) is 6.07 Å². The van der Waals surface area contributed by atoms with Crippen LogP contribution < -0.4 is 5.32 Å². The van der Waals surface area contributed by atoms with Crippen molar-refractivity contribution < 1.29 is 4.79 Å². The van der Waals surface area contributed by atoms with Crippen LogP contribution in [0.1, 0.15) is 34.2 Å². The van der Waals surface area contributed by atoms with Gasteiger partial charge in [0.2, 0.25) is 5.91 Å². The zero-order valence-corrected chi connectivity index (χ0v) is 16.7. The Morgan fingerprint density at radius 3 is 2.96 bits per heavy atom. The van der Waals surface area contributed by atoms with Gasteiger partial charge >= 0.3 is 0 Å². The zero-order chi connectivity index (χ0) is 18.0. The molecule has 1 atom stereocenters. The molecule has 1 N–H and O–H groups in total. The molecular weight excluding hydrogens is 374 g/mol. The fourth-order valence-electron chi connectivity index (χ4n) is 3.13. The molecule has 0 radical (unpaired) electrons. The van der Waals surface area contributed by atoms with Crippen LogP contribution in [0.4, 0.5) is 5.00 Å². The molecule has 3 rings (SSSR count). The van der Waals surface area contributed by atoms with E-state index in [1.807, 2.05) is 24.1 Å². The first-order chi connectivity index (χ1) is 12.0. The minimum atomic E-state index is -0.0895. The molecule has 4 nitrogen and oxygen atoms in total. The lowest BCUT2D eigenvalue weighted by Gasteiger charge is -2.17. The molecule has 0 saturated carbocycles. The summed E-state index contributed by atoms with van der Waals surface area (Å²) in [6.45, 7) is 3.19. The number of carbonyl (C=O) groups is 1. The zero-order valence-electron chi connectivity index (χ0n) is 14.3. The number of nitriles is 1. The van der Waals surface area contributed by atoms with Crippen molar-refractivity contribution in [3.63, 3.8) is 0 Å². The number of anilines is 1. The maximum Gasteiger partial charge on any atom is 0.239 e. The van der Waals surface area contributed by atoms with Gasteiger partial charge in [-0.2, -0.15) is 5.26 Å². The topological polar surface area (TPSA) is 56.1 Å². The summed E-state index contributed by atoms with van der Waals surface area (Å²) in [4.78, 5) is 16.7. The number of nitrogens with zero attached hydrogens (tertiary/aromatic N) is 2. The van der Waals surface area contributed by atoms with Gasteiger partial charge in [-0.1, -0.05) is 18.5 Å². The van der Waals surface area contributed by atoms with E-state index >= 15 is 0 Å². The van der Waals surface area contributed by atoms with E-state index in [4.69, 9.17) is 11.6 Å². The summed E-state index contributed by atoms with van der Waals surface area (Å²) in [5.41, 5.74) is 1.80. The van der Waals surface area contributed by atoms with Gasteiger partial charge in [0, 0.05) is 16.3 Å². The summed E-state index contributed by atoms with van der Waals surface area (Å²) >= 11 is 9.03. The van der Waals surface area contributed by atoms with Gasteiger partial charge in [0.25, 0.3) is 0 Å². The average molecular weight is 394 g/mol. The molecule has 1 aliphatic carbocycles. The van der Waals surface area contributed by atoms with Crippen molar-refractivity contribution in [2.75, 3.05) is 18.9 Å². The van der Waals surface area contributed by atoms with Gasteiger partial charge in [0.05, 0.1) is 16.4 Å². The van der Waals surface area contributed by atoms with Crippen molar-refractivity contribution in [2.24, 2.45) is 5.92 Å². The number of likely N-dealkylation sites (N-methyl/N-ethyl adjacent to an activating group) is 1. The van der Waals surface area contributed by atoms with Crippen molar-refractivity contribution in [1.82, 2.24) is 4.90 Å². The van der Waals surface area contributed by atoms with Gasteiger partial charge < -0.3 is 5.32 Å². The highest BCUT2D eigenvalue weighted by atomic mass is 35.5. The van der Waals surface area contributed by atoms with Gasteiger partial charge in [0.1, 0.15) is 11.1 Å². The van der Waals surface area contributed by atoms with Crippen molar-refractivity contribution in [3.05, 3.63) is 37.4 Å². The third-order valence-electron chi connectivity index (χ3n) is 4.34. The second-order valence-corrected chi connectivity index (χ2v) is 9.50. The minimum Gasteiger partial charge on any atom is -0.315 e. The van der Waals surface area contributed by atoms with Gasteiger partial charge in [-0.15, -0.1) is 22.7 Å². The third-order valence-corrected chi connectivity index (χ3v) is 6.73. The van der Waals surface area contributed by atoms with Crippen molar-refractivity contribution in [1.29, 1.82) is 5.26 Å². The number of hydrogen-bond donors (Lipinski definition) is 1. The Hall–Kier alpha value is -1.39. The molecule has 1 aliphatic rings. The van der Waals surface area contributed by atoms with E-state index < -0.39 is 0 Å². The van der Waals surface area contributed by atoms with E-state index in [1.165, 1.54) is 16.2 Å². The fourth-order valence-corrected chi connectivity index (χ4v) is 5.67. The molecule has 0 aliphatic heterocycles. The largest absolute Gasteiger partial charge is 0.315 e. The maximum absolute atomic E-state index is 12.4. The molecular formula is C18H20ClN3OS2. The summed E-state index contributed by atoms with van der Waals surface area (Å²) in [6.07, 6.45) is 3.05. The number of fused-ring (bicyclic) bond motifs is 1. The summed E-state index contributed by atoms with van der Waals surface area (Å²) < 4.78 is 0.755. The highest BCUT2D eigenvalue weighted by molar-refractivity contribution is 7.16. The number of amides is 1. The Labute approximate surface area is 161 Å². The summed E-state index contributed by atoms with van der Waals surface area (Å²) in [5, 5.41) is 13.2. The number of thiophene rings is 2. The van der Waals surface area contributed by atoms with Crippen LogP contribution in [-0.4, -0.2) is 24.4 Å². The summed E-state index contributed by atoms with van der Waals surface area (Å²) in [5.74, 6) is 0.554. The number of rotatable bonds is 5. The van der Waals surface area contributed by atoms with E-state index in [2.05, 4.69) is 18.3 Å². The Morgan fingerprint density at radius 1 is 1.48 bits per heavy atom. The maximum atomic E-state index is 12.4. The number of halogens is 1. The second-order valence-electron chi connectivity index (χ2n) is 6.59. The standard InChI is InChI=1S/C18H20ClN3OS2/c1-11-3-5-13-14(8-20)18(25-15(13)7-11)21-17(23)10-22(2)9-12-4-6-16(19)24-12/h4,6,11H,3,5,7,9-10H2,1-2H3,(H,21,23)/t11-/m0/s1. The Morgan fingerprint density at radius 2 is 2.28 bits per heavy atom. The Bertz CT molecular complexity index is 821. The summed E-state index contributed by atoms with van der Waals surface area (Å²) in [6, 6.07) is 6.13. The molecule has 7 heteroatoms. The first-order valence-corrected chi connectivity index (χ1v) is 10.2. The Balaban J connectivity index is 1.64. The number of hydrogen-bond acceptors (Lipinski definition) is 5. The van der Waals surface area contributed by atoms with Crippen LogP contribution in [-0.2, 0) is 24.2 Å². The molecule has 132 valence electrons. The smallest absolute Gasteiger partial charge is 0.239 e. The molecule has 0 bridgehead atoms. The van der Waals surface area contributed by atoms with Crippen LogP contribution in [0.2, 0.25) is 4.34 Å². The number of nitrogens with one attached hydrogen (secondary N) is 1. The van der Waals surface area contributed by atoms with Crippen LogP contribution in [0, 0.1) is 17.2 Å². The quantitative estimate of drug-likeness (QED) is 0.811. The molecule has 0 unspecified atom stereocenters. The lowest BCUT2D eigenvalue weighted by Crippen LogP contribution is -2.29. The molecule has 0 saturated heterocycles. The van der Waals surface area contributed by atoms with Gasteiger partial charge in [-0.3, -0.25) is 9.69 Å². The van der Waals surface area contributed by atoms with Gasteiger partial charge in [-0.25, -0.2) is 0 Å². The molecule has 2 heterocycles. The monoisotopic (exact) mass is 393 g/mol. The van der Waals surface area contributed by atoms with Crippen molar-refractivity contribution >= 4 is 45.2 Å². The third kappa shape index (κ3) is 4.42. The SMILES string of the molecule is C[C@H]1CCc2c(sc(NC(=O)CN(C)Cc3ccc(Cl)s3)c2C#N)C1. The molecule has 25 heavy (non-hydrogen) atoms. The van der Waals surface area contributed by atoms with Crippen LogP contribution in [0.3, 0.4) is 0 Å². The molecule has 2 aromatic heterocycles. The van der Waals surface area contributed by atoms with E-state index in [9.17, 15) is 10.1 Å². The average Bonchev–Trinajstić information content (AvgIpc) is 3.09. The van der Waals surface area contributed by atoms with Crippen LogP contribution in [0.5, 0.6) is 0 Å². The fraction of sp³-hybridized carbons (Fsp3) is 0.444. The summed E-state index contributed by atoms with van der Waals surface area (Å²) in [7, 11) is 1.90. The van der Waals surface area contributed by atoms with E-state index in [0.717, 1.165) is 34.0 Å². The normalized spacial score (nSPS) is 16.5. The minimum absolute atomic E-state index is 0.0895. The first kappa shape index (κ1) is 18.4. The van der Waals surface area contributed by atoms with Crippen molar-refractivity contribution in [2.45, 2.75) is 32.7 Å². The van der Waals surface area contributed by atoms with E-state index in [0.29, 0.717) is 23.0 Å². The van der Waals surface area contributed by atoms with Gasteiger partial charge in [-0.05, 0) is 49.9 Å². The lowest BCUT2D eigenvalue weighted by atomic mass is 9.89. The molecule has 1 amide bonds. The first-order valence-electron chi connectivity index (χ1n) is 8.23. The van der Waals surface area contributed by atoms with E-state index in [-0.39, 0.29) is 12.5 Å². The van der Waals surface area contributed by atoms with Crippen LogP contribution >= 0.6 is 34.3 Å². The highest BCUT2D eigenvalue weighted by Crippen LogP contribution is 2.39.